The molecule has 0 aliphatic heterocycles. The number of para-hydroxylation sites is 2. The van der Waals surface area contributed by atoms with Crippen molar-refractivity contribution >= 4 is 89.9 Å². The molecule has 2 unspecified atom stereocenters. The van der Waals surface area contributed by atoms with Crippen LogP contribution in [0.2, 0.25) is 0 Å². The maximum absolute atomic E-state index is 6.48. The van der Waals surface area contributed by atoms with Crippen LogP contribution in [0.4, 0.5) is 34.1 Å². The Balaban J connectivity index is 0.461. The SMILES string of the molecule is C=Cc1ccc(OCCCCCCC2(c3ccccc3)c3ccccc3-c3ccc(N(c4ccc(-c5ccccc5)cc4)c4ccc5c(c4)c4ccccc4n5-c4ccc(COCc5ccc(COCc6ccc(-n7c8ccccc8c8cc(N(c9ccc(-c%10ccccc%10)cc9)c9ccc%10c(c9)C(CCCCCCOc9ccc(C=C)cc9)(c9ccccc9)c9ccccc9-%10)ccc87)cc6)cc5)cc4)cc32)cc1. The number of ether oxygens (including phenoxy) is 4. The Morgan fingerprint density at radius 2 is 0.542 bits per heavy atom. The van der Waals surface area contributed by atoms with E-state index in [0.717, 1.165) is 177 Å². The van der Waals surface area contributed by atoms with E-state index in [4.69, 9.17) is 18.9 Å². The summed E-state index contributed by atoms with van der Waals surface area (Å²) in [5, 5.41) is 4.74. The summed E-state index contributed by atoms with van der Waals surface area (Å²) in [6.07, 6.45) is 14.2. The topological polar surface area (TPSA) is 53.3 Å². The van der Waals surface area contributed by atoms with Gasteiger partial charge in [0.05, 0.1) is 61.7 Å². The van der Waals surface area contributed by atoms with Crippen molar-refractivity contribution in [3.05, 3.63) is 541 Å². The van der Waals surface area contributed by atoms with E-state index in [2.05, 4.69) is 469 Å². The standard InChI is InChI=1S/C136H114N4O4/c1-3-97-57-77-117(78-58-97)143-87-31-7-5-29-85-135(107-37-17-11-18-38-107)127-45-25-21-41-119(127)121-81-73-115(91-129(121)135)137(109-69-61-105(62-70-109)103-33-13-9-14-34-103)113-75-83-133-125(89-113)123-43-23-27-47-131(123)139(133)111-65-53-101(54-66-111)95-141-93-99-49-51-100(52-50-99)94-142-96-102-55-67-112(68-56-102)140-132-48-28-24-44-124(132)126-90-114(76-84-134(126)140)138(110-71-63-106(64-72-110)104-35-15-10-16-36-104)116-74-82-122-120-42-22-26-46-128(120)136(130(122)92-116,108-39-19-12-20-40-108)86-30-6-8-32-88-144-118-79-59-98(4-2)60-80-118/h3-4,9-28,33-84,89-92H,1-2,5-8,29-32,85-88,93-96H2. The molecule has 23 rings (SSSR count). The molecule has 8 nitrogen and oxygen atoms in total. The predicted molar refractivity (Wildman–Crippen MR) is 599 cm³/mol. The molecule has 0 N–H and O–H groups in total. The lowest BCUT2D eigenvalue weighted by Gasteiger charge is -2.34. The molecule has 0 saturated heterocycles. The highest BCUT2D eigenvalue weighted by Gasteiger charge is 2.46. The number of anilines is 6. The molecule has 2 aliphatic rings. The third-order valence-corrected chi connectivity index (χ3v) is 29.8. The summed E-state index contributed by atoms with van der Waals surface area (Å²) in [6, 6.07) is 170. The molecule has 21 aromatic rings. The van der Waals surface area contributed by atoms with Crippen LogP contribution in [-0.4, -0.2) is 22.3 Å². The molecule has 0 saturated carbocycles. The van der Waals surface area contributed by atoms with Gasteiger partial charge in [-0.15, -0.1) is 0 Å². The zero-order valence-electron chi connectivity index (χ0n) is 81.2. The van der Waals surface area contributed by atoms with Crippen LogP contribution in [0, 0.1) is 0 Å². The Labute approximate surface area is 845 Å². The highest BCUT2D eigenvalue weighted by Crippen LogP contribution is 2.59. The number of hydrogen-bond donors (Lipinski definition) is 0. The zero-order valence-corrected chi connectivity index (χ0v) is 81.2. The summed E-state index contributed by atoms with van der Waals surface area (Å²) in [5.74, 6) is 1.81. The Kier molecular flexibility index (Phi) is 26.1. The van der Waals surface area contributed by atoms with Gasteiger partial charge in [-0.25, -0.2) is 0 Å². The number of aromatic nitrogens is 2. The zero-order chi connectivity index (χ0) is 96.5. The van der Waals surface area contributed by atoms with Crippen LogP contribution < -0.4 is 19.3 Å². The summed E-state index contributed by atoms with van der Waals surface area (Å²) in [6.45, 7) is 11.1. The molecule has 0 spiro atoms. The number of unbranched alkanes of at least 4 members (excludes halogenated alkanes) is 6. The van der Waals surface area contributed by atoms with Crippen molar-refractivity contribution in [3.8, 4) is 67.4 Å². The average molecular weight is 1870 g/mol. The molecule has 144 heavy (non-hydrogen) atoms. The highest BCUT2D eigenvalue weighted by molar-refractivity contribution is 6.12. The van der Waals surface area contributed by atoms with Gasteiger partial charge in [-0.2, -0.15) is 0 Å². The summed E-state index contributed by atoms with van der Waals surface area (Å²) >= 11 is 0. The molecule has 19 aromatic carbocycles. The van der Waals surface area contributed by atoms with Gasteiger partial charge in [0.2, 0.25) is 0 Å². The second-order valence-corrected chi connectivity index (χ2v) is 38.4. The number of rotatable bonds is 38. The number of benzene rings is 19. The van der Waals surface area contributed by atoms with Gasteiger partial charge in [0.1, 0.15) is 11.5 Å². The lowest BCUT2D eigenvalue weighted by molar-refractivity contribution is 0.105. The van der Waals surface area contributed by atoms with E-state index in [1.54, 1.807) is 0 Å². The molecule has 2 aromatic heterocycles. The number of nitrogens with zero attached hydrogens (tertiary/aromatic N) is 4. The summed E-state index contributed by atoms with van der Waals surface area (Å²) in [5.41, 5.74) is 37.2. The first-order valence-electron chi connectivity index (χ1n) is 51.0. The van der Waals surface area contributed by atoms with E-state index in [0.29, 0.717) is 39.6 Å². The second kappa shape index (κ2) is 41.3. The first-order valence-corrected chi connectivity index (χ1v) is 51.0. The first-order chi connectivity index (χ1) is 71.3. The molecular weight excluding hydrogens is 1750 g/mol. The fourth-order valence-electron chi connectivity index (χ4n) is 22.7. The third kappa shape index (κ3) is 18.1. The van der Waals surface area contributed by atoms with Crippen molar-refractivity contribution in [1.82, 2.24) is 9.13 Å². The van der Waals surface area contributed by atoms with Gasteiger partial charge in [-0.05, 0) is 283 Å². The van der Waals surface area contributed by atoms with Crippen LogP contribution in [0.15, 0.2) is 474 Å². The Bertz CT molecular complexity index is 7640. The van der Waals surface area contributed by atoms with E-state index < -0.39 is 0 Å². The minimum absolute atomic E-state index is 0.373. The van der Waals surface area contributed by atoms with Gasteiger partial charge in [0.15, 0.2) is 0 Å². The smallest absolute Gasteiger partial charge is 0.119 e. The van der Waals surface area contributed by atoms with Gasteiger partial charge in [0, 0.05) is 77.9 Å². The van der Waals surface area contributed by atoms with E-state index in [1.165, 1.54) is 99.4 Å². The number of fused-ring (bicyclic) bond motifs is 12. The molecule has 8 heteroatoms. The largest absolute Gasteiger partial charge is 0.494 e. The minimum atomic E-state index is -0.373. The van der Waals surface area contributed by atoms with Crippen molar-refractivity contribution in [2.24, 2.45) is 0 Å². The first kappa shape index (κ1) is 91.2. The molecule has 2 aliphatic carbocycles. The summed E-state index contributed by atoms with van der Waals surface area (Å²) in [7, 11) is 0. The van der Waals surface area contributed by atoms with Gasteiger partial charge < -0.3 is 37.9 Å². The quantitative estimate of drug-likeness (QED) is 0.0360. The van der Waals surface area contributed by atoms with Crippen LogP contribution in [-0.2, 0) is 46.7 Å². The summed E-state index contributed by atoms with van der Waals surface area (Å²) in [4.78, 5) is 4.95. The minimum Gasteiger partial charge on any atom is -0.494 e. The van der Waals surface area contributed by atoms with Gasteiger partial charge in [0.25, 0.3) is 0 Å². The second-order valence-electron chi connectivity index (χ2n) is 38.4. The molecular formula is C136H114N4O4. The third-order valence-electron chi connectivity index (χ3n) is 29.8. The lowest BCUT2D eigenvalue weighted by Crippen LogP contribution is -2.27. The molecule has 702 valence electrons. The van der Waals surface area contributed by atoms with Crippen LogP contribution >= 0.6 is 0 Å². The van der Waals surface area contributed by atoms with E-state index in [9.17, 15) is 0 Å². The van der Waals surface area contributed by atoms with E-state index in [-0.39, 0.29) is 10.8 Å². The maximum atomic E-state index is 6.48. The lowest BCUT2D eigenvalue weighted by atomic mass is 9.69. The van der Waals surface area contributed by atoms with Crippen molar-refractivity contribution in [2.75, 3.05) is 23.0 Å². The normalized spacial score (nSPS) is 13.9. The van der Waals surface area contributed by atoms with E-state index in [1.807, 2.05) is 36.4 Å². The van der Waals surface area contributed by atoms with Crippen LogP contribution in [0.3, 0.4) is 0 Å². The van der Waals surface area contributed by atoms with Gasteiger partial charge in [-0.3, -0.25) is 0 Å². The fraction of sp³-hybridized carbons (Fsp3) is 0.132. The van der Waals surface area contributed by atoms with Crippen LogP contribution in [0.1, 0.15) is 131 Å². The Hall–Kier alpha value is -16.6. The van der Waals surface area contributed by atoms with Crippen molar-refractivity contribution < 1.29 is 18.9 Å². The maximum Gasteiger partial charge on any atom is 0.119 e. The molecule has 2 heterocycles. The van der Waals surface area contributed by atoms with Crippen LogP contribution in [0.25, 0.3) is 112 Å². The molecule has 0 fully saturated rings. The Morgan fingerprint density at radius 1 is 0.236 bits per heavy atom. The van der Waals surface area contributed by atoms with Crippen molar-refractivity contribution in [1.29, 1.82) is 0 Å². The van der Waals surface area contributed by atoms with Gasteiger partial charge in [-0.1, -0.05) is 379 Å². The average Bonchev–Trinajstić information content (AvgIpc) is 1.55. The highest BCUT2D eigenvalue weighted by atomic mass is 16.5. The molecule has 0 radical (unpaired) electrons. The molecule has 0 amide bonds. The monoisotopic (exact) mass is 1870 g/mol. The Morgan fingerprint density at radius 3 is 0.931 bits per heavy atom. The van der Waals surface area contributed by atoms with E-state index >= 15 is 0 Å². The molecule has 2 atom stereocenters. The van der Waals surface area contributed by atoms with Crippen LogP contribution in [0.5, 0.6) is 11.5 Å². The van der Waals surface area contributed by atoms with Crippen molar-refractivity contribution in [3.63, 3.8) is 0 Å². The molecule has 0 bridgehead atoms. The van der Waals surface area contributed by atoms with Crippen molar-refractivity contribution in [2.45, 2.75) is 101 Å². The summed E-state index contributed by atoms with van der Waals surface area (Å²) < 4.78 is 30.2. The predicted octanol–water partition coefficient (Wildman–Crippen LogP) is 35.6. The fourth-order valence-corrected chi connectivity index (χ4v) is 22.7. The van der Waals surface area contributed by atoms with Gasteiger partial charge >= 0.3 is 0 Å². The number of hydrogen-bond acceptors (Lipinski definition) is 6.